The van der Waals surface area contributed by atoms with Crippen molar-refractivity contribution < 1.29 is 47.9 Å². The van der Waals surface area contributed by atoms with Gasteiger partial charge < -0.3 is 53.2 Å². The van der Waals surface area contributed by atoms with Crippen LogP contribution in [0.4, 0.5) is 72.2 Å². The number of anilines is 11. The number of rotatable bonds is 17. The fourth-order valence-corrected chi connectivity index (χ4v) is 11.7. The standard InChI is InChI=1S/C34H19N3O4.2C33H22N4O3/c1-4-21-7-12-26(13-8-21)35-31(38)24-18-25(32(39)36-27-14-9-22(5-2)10-15-27)20-28(19-24)37-33(40)29-16-11-23(6-3)17-30(29)34(37)41;1-4-22-10-7-13-27(16-22)34-31(38)25-19-26(32(39)35-28-14-8-11-23(5-2)17-28)21-30(20-25)37-33(40)36-29-15-9-12-24(6-3)18-29;1-4-22-13-15-27(16-14-22)36-33(40)37-30-20-25(31(38)34-28-11-7-9-23(5-2)17-28)19-26(21-30)32(39)35-29-12-8-10-24(6-3)18-29/h1-3,7-20H,(H,35,38)(H,36,39);2*1-3,7-21H,(H,34,38)(H,35,39)(H2,36,37,40). The summed E-state index contributed by atoms with van der Waals surface area (Å²) >= 11 is 0. The van der Waals surface area contributed by atoms with E-state index >= 15 is 0 Å². The van der Waals surface area contributed by atoms with E-state index in [4.69, 9.17) is 57.8 Å². The molecular formula is C100H63N11O10. The van der Waals surface area contributed by atoms with Crippen molar-refractivity contribution in [3.63, 3.8) is 0 Å². The Labute approximate surface area is 696 Å². The van der Waals surface area contributed by atoms with Crippen molar-refractivity contribution in [3.05, 3.63) is 361 Å². The maximum Gasteiger partial charge on any atom is 0.323 e. The summed E-state index contributed by atoms with van der Waals surface area (Å²) in [6.45, 7) is 0. The first kappa shape index (κ1) is 83.1. The molecule has 1 heterocycles. The predicted octanol–water partition coefficient (Wildman–Crippen LogP) is 16.5. The van der Waals surface area contributed by atoms with Crippen LogP contribution in [0.25, 0.3) is 0 Å². The summed E-state index contributed by atoms with van der Waals surface area (Å²) in [4.78, 5) is 132. The zero-order chi connectivity index (χ0) is 86.1. The number of fused-ring (bicyclic) bond motifs is 1. The second-order valence-corrected chi connectivity index (χ2v) is 25.9. The first-order chi connectivity index (χ1) is 58.5. The van der Waals surface area contributed by atoms with E-state index in [-0.39, 0.29) is 61.6 Å². The highest BCUT2D eigenvalue weighted by Crippen LogP contribution is 2.33. The minimum Gasteiger partial charge on any atom is -0.322 e. The Kier molecular flexibility index (Phi) is 26.9. The SMILES string of the molecule is C#Cc1ccc(NC(=O)Nc2cc(C(=O)Nc3cccc(C#C)c3)cc(C(=O)Nc3cccc(C#C)c3)c2)cc1.C#Cc1ccc(NC(=O)c2cc(C(=O)Nc3ccc(C#C)cc3)cc(N3C(=O)c4ccc(C#C)cc4C3=O)c2)cc1.C#Cc1cccc(NC(=O)Nc2cc(C(=O)Nc3cccc(C#C)c3)cc(C(=O)Nc3cccc(C#C)c3)c2)c1. The van der Waals surface area contributed by atoms with Crippen molar-refractivity contribution in [2.24, 2.45) is 0 Å². The van der Waals surface area contributed by atoms with Crippen molar-refractivity contribution in [2.75, 3.05) is 58.1 Å². The molecule has 0 fully saturated rings. The third-order valence-corrected chi connectivity index (χ3v) is 17.5. The van der Waals surface area contributed by atoms with Crippen molar-refractivity contribution in [1.82, 2.24) is 0 Å². The van der Waals surface area contributed by atoms with Crippen LogP contribution in [0.5, 0.6) is 0 Å². The summed E-state index contributed by atoms with van der Waals surface area (Å²) in [5.74, 6) is 18.1. The van der Waals surface area contributed by atoms with Gasteiger partial charge in [-0.1, -0.05) is 83.6 Å². The Morgan fingerprint density at radius 1 is 0.207 bits per heavy atom. The van der Waals surface area contributed by atoms with E-state index in [0.29, 0.717) is 95.6 Å². The number of imide groups is 1. The molecule has 21 heteroatoms. The van der Waals surface area contributed by atoms with E-state index in [2.05, 4.69) is 106 Å². The molecular weight excluding hydrogens is 1520 g/mol. The number of nitrogens with zero attached hydrogens (tertiary/aromatic N) is 1. The first-order valence-electron chi connectivity index (χ1n) is 36.1. The van der Waals surface area contributed by atoms with Crippen LogP contribution in [-0.4, -0.2) is 59.3 Å². The predicted molar refractivity (Wildman–Crippen MR) is 473 cm³/mol. The highest BCUT2D eigenvalue weighted by atomic mass is 16.2. The highest BCUT2D eigenvalue weighted by molar-refractivity contribution is 6.35. The Balaban J connectivity index is 0.000000177. The molecule has 0 aromatic heterocycles. The normalized spacial score (nSPS) is 10.4. The van der Waals surface area contributed by atoms with Crippen molar-refractivity contribution in [2.45, 2.75) is 0 Å². The first-order valence-corrected chi connectivity index (χ1v) is 36.1. The van der Waals surface area contributed by atoms with Gasteiger partial charge in [-0.15, -0.1) is 57.8 Å². The van der Waals surface area contributed by atoms with E-state index in [9.17, 15) is 47.9 Å². The number of carbonyl (C=O) groups excluding carboxylic acids is 10. The second kappa shape index (κ2) is 39.1. The minimum absolute atomic E-state index is 0.0391. The number of terminal acetylenes is 9. The van der Waals surface area contributed by atoms with Gasteiger partial charge in [0.15, 0.2) is 0 Å². The van der Waals surface area contributed by atoms with E-state index in [0.717, 1.165) is 4.90 Å². The number of carbonyl (C=O) groups is 10. The molecule has 0 bridgehead atoms. The van der Waals surface area contributed by atoms with Gasteiger partial charge in [0.25, 0.3) is 47.3 Å². The lowest BCUT2D eigenvalue weighted by atomic mass is 10.1. The molecule has 13 rings (SSSR count). The van der Waals surface area contributed by atoms with Gasteiger partial charge in [-0.05, 0) is 237 Å². The van der Waals surface area contributed by atoms with E-state index in [1.54, 1.807) is 200 Å². The fraction of sp³-hybridized carbons (Fsp3) is 0. The molecule has 0 radical (unpaired) electrons. The lowest BCUT2D eigenvalue weighted by Gasteiger charge is -2.17. The maximum atomic E-state index is 13.3. The third kappa shape index (κ3) is 22.1. The molecule has 1 aliphatic heterocycles. The van der Waals surface area contributed by atoms with Crippen LogP contribution in [0.15, 0.2) is 267 Å². The van der Waals surface area contributed by atoms with E-state index < -0.39 is 59.3 Å². The number of hydrogen-bond acceptors (Lipinski definition) is 10. The van der Waals surface area contributed by atoms with Gasteiger partial charge >= 0.3 is 12.1 Å². The molecule has 121 heavy (non-hydrogen) atoms. The van der Waals surface area contributed by atoms with Crippen LogP contribution in [0.2, 0.25) is 0 Å². The van der Waals surface area contributed by atoms with Crippen molar-refractivity contribution in [3.8, 4) is 111 Å². The summed E-state index contributed by atoms with van der Waals surface area (Å²) in [6, 6.07) is 69.8. The third-order valence-electron chi connectivity index (χ3n) is 17.5. The van der Waals surface area contributed by atoms with Crippen LogP contribution in [0.1, 0.15) is 133 Å². The van der Waals surface area contributed by atoms with Gasteiger partial charge in [0.2, 0.25) is 0 Å². The molecule has 10 N–H and O–H groups in total. The lowest BCUT2D eigenvalue weighted by Crippen LogP contribution is -2.30. The minimum atomic E-state index is -0.624. The van der Waals surface area contributed by atoms with Gasteiger partial charge in [-0.3, -0.25) is 38.4 Å². The summed E-state index contributed by atoms with van der Waals surface area (Å²) in [7, 11) is 0. The summed E-state index contributed by atoms with van der Waals surface area (Å²) in [5.41, 5.74) is 10.5. The summed E-state index contributed by atoms with van der Waals surface area (Å²) in [6.07, 6.45) is 48.9. The van der Waals surface area contributed by atoms with Crippen LogP contribution in [0, 0.1) is 111 Å². The molecule has 12 aromatic carbocycles. The molecule has 0 saturated carbocycles. The van der Waals surface area contributed by atoms with Gasteiger partial charge in [0, 0.05) is 140 Å². The monoisotopic (exact) mass is 1580 g/mol. The van der Waals surface area contributed by atoms with Crippen LogP contribution in [0.3, 0.4) is 0 Å². The maximum absolute atomic E-state index is 13.3. The average Bonchev–Trinajstić information content (AvgIpc) is 1.60. The summed E-state index contributed by atoms with van der Waals surface area (Å²) in [5, 5.41) is 27.2. The molecule has 1 aliphatic rings. The fourth-order valence-electron chi connectivity index (χ4n) is 11.7. The quantitative estimate of drug-likeness (QED) is 0.0304. The van der Waals surface area contributed by atoms with Crippen molar-refractivity contribution >= 4 is 122 Å². The van der Waals surface area contributed by atoms with Crippen LogP contribution < -0.4 is 58.1 Å². The molecule has 0 aliphatic carbocycles. The molecule has 0 atom stereocenters. The lowest BCUT2D eigenvalue weighted by molar-refractivity contribution is 0.0919. The zero-order valence-electron chi connectivity index (χ0n) is 63.6. The molecule has 0 saturated heterocycles. The van der Waals surface area contributed by atoms with Crippen LogP contribution in [-0.2, 0) is 0 Å². The molecule has 21 nitrogen and oxygen atoms in total. The largest absolute Gasteiger partial charge is 0.323 e. The zero-order valence-corrected chi connectivity index (χ0v) is 63.6. The van der Waals surface area contributed by atoms with Crippen LogP contribution >= 0.6 is 0 Å². The smallest absolute Gasteiger partial charge is 0.322 e. The van der Waals surface area contributed by atoms with E-state index in [1.165, 1.54) is 66.7 Å². The Hall–Kier alpha value is -18.8. The topological polar surface area (TPSA) is 294 Å². The Morgan fingerprint density at radius 2 is 0.430 bits per heavy atom. The molecule has 0 spiro atoms. The molecule has 578 valence electrons. The van der Waals surface area contributed by atoms with Crippen molar-refractivity contribution in [1.29, 1.82) is 0 Å². The second-order valence-electron chi connectivity index (χ2n) is 25.9. The van der Waals surface area contributed by atoms with Gasteiger partial charge in [0.1, 0.15) is 0 Å². The highest BCUT2D eigenvalue weighted by Gasteiger charge is 2.38. The number of amides is 12. The molecule has 0 unspecified atom stereocenters. The number of benzene rings is 12. The average molecular weight is 1580 g/mol. The number of urea groups is 2. The Bertz CT molecular complexity index is 6370. The number of hydrogen-bond donors (Lipinski definition) is 10. The van der Waals surface area contributed by atoms with E-state index in [1.807, 2.05) is 0 Å². The molecule has 12 amide bonds. The number of nitrogens with one attached hydrogen (secondary N) is 10. The van der Waals surface area contributed by atoms with Gasteiger partial charge in [-0.25, -0.2) is 14.5 Å². The molecule has 12 aromatic rings. The Morgan fingerprint density at radius 3 is 0.719 bits per heavy atom. The summed E-state index contributed by atoms with van der Waals surface area (Å²) < 4.78 is 0. The van der Waals surface area contributed by atoms with Gasteiger partial charge in [0.05, 0.1) is 16.8 Å². The van der Waals surface area contributed by atoms with Gasteiger partial charge in [-0.2, -0.15) is 0 Å².